The molecule has 6 unspecified atom stereocenters. The van der Waals surface area contributed by atoms with E-state index in [1.54, 1.807) is 14.0 Å². The van der Waals surface area contributed by atoms with Crippen molar-refractivity contribution in [1.82, 2.24) is 10.6 Å². The molecule has 0 bridgehead atoms. The number of hydrogen-bond donors (Lipinski definition) is 10. The largest absolute Gasteiger partial charge is 0.395 e. The number of nitrogens with one attached hydrogen (secondary N) is 2. The van der Waals surface area contributed by atoms with Crippen molar-refractivity contribution in [2.24, 2.45) is 22.2 Å². The maximum Gasteiger partial charge on any atom is 0.185 e. The molecular weight excluding hydrogens is 540 g/mol. The quantitative estimate of drug-likeness (QED) is 0.0625. The van der Waals surface area contributed by atoms with Crippen LogP contribution in [-0.4, -0.2) is 143 Å². The molecule has 4 fully saturated rings. The van der Waals surface area contributed by atoms with E-state index in [2.05, 4.69) is 15.6 Å². The zero-order valence-corrected chi connectivity index (χ0v) is 24.0. The Morgan fingerprint density at radius 2 is 1.76 bits per heavy atom. The van der Waals surface area contributed by atoms with Crippen LogP contribution in [0.1, 0.15) is 45.4 Å². The first-order valence-corrected chi connectivity index (χ1v) is 14.6. The third-order valence-electron chi connectivity index (χ3n) is 8.83. The van der Waals surface area contributed by atoms with E-state index < -0.39 is 72.4 Å². The Morgan fingerprint density at radius 3 is 2.39 bits per heavy atom. The molecule has 4 aliphatic rings. The van der Waals surface area contributed by atoms with E-state index in [9.17, 15) is 20.4 Å². The predicted octanol–water partition coefficient (Wildman–Crippen LogP) is -4.04. The second kappa shape index (κ2) is 13.7. The zero-order valence-electron chi connectivity index (χ0n) is 24.0. The summed E-state index contributed by atoms with van der Waals surface area (Å²) < 4.78 is 24.2. The van der Waals surface area contributed by atoms with Crippen molar-refractivity contribution in [2.45, 2.75) is 124 Å². The fourth-order valence-corrected chi connectivity index (χ4v) is 6.13. The topological polar surface area (TPSA) is 253 Å². The summed E-state index contributed by atoms with van der Waals surface area (Å²) in [5, 5.41) is 59.1. The fourth-order valence-electron chi connectivity index (χ4n) is 6.13. The second-order valence-corrected chi connectivity index (χ2v) is 12.1. The lowest BCUT2D eigenvalue weighted by molar-refractivity contribution is -0.306. The Balaban J connectivity index is 1.53. The maximum atomic E-state index is 11.6. The van der Waals surface area contributed by atoms with Gasteiger partial charge in [-0.25, -0.2) is 0 Å². The van der Waals surface area contributed by atoms with Crippen LogP contribution in [0.2, 0.25) is 0 Å². The van der Waals surface area contributed by atoms with Crippen LogP contribution in [0.4, 0.5) is 0 Å². The maximum absolute atomic E-state index is 11.6. The lowest BCUT2D eigenvalue weighted by Gasteiger charge is -2.48. The first-order chi connectivity index (χ1) is 19.4. The molecule has 2 aliphatic carbocycles. The SMILES string of the molecule is CN[C@@H]1C(O)[C@@H](OC2C(O)C(O[C@H]3O[C@H](CNCCO)CCC3N)[C@@H](N)C[C@H]2N=C(N)C2(O)CCC2)OCC1(C)O. The van der Waals surface area contributed by atoms with E-state index in [1.807, 2.05) is 0 Å². The van der Waals surface area contributed by atoms with E-state index in [0.717, 1.165) is 6.42 Å². The van der Waals surface area contributed by atoms with Gasteiger partial charge in [0.05, 0.1) is 37.4 Å². The van der Waals surface area contributed by atoms with E-state index in [0.29, 0.717) is 38.8 Å². The van der Waals surface area contributed by atoms with Crippen LogP contribution >= 0.6 is 0 Å². The average molecular weight is 591 g/mol. The number of amidine groups is 1. The number of aliphatic hydroxyl groups excluding tert-OH is 3. The molecule has 41 heavy (non-hydrogen) atoms. The summed E-state index contributed by atoms with van der Waals surface area (Å²) >= 11 is 0. The highest BCUT2D eigenvalue weighted by Gasteiger charge is 2.52. The Kier molecular flexibility index (Phi) is 11.0. The molecule has 2 saturated heterocycles. The summed E-state index contributed by atoms with van der Waals surface area (Å²) in [6, 6.07) is -2.73. The molecule has 0 aromatic carbocycles. The predicted molar refractivity (Wildman–Crippen MR) is 148 cm³/mol. The number of hydrogen-bond acceptors (Lipinski definition) is 14. The monoisotopic (exact) mass is 590 g/mol. The van der Waals surface area contributed by atoms with Gasteiger partial charge in [0.15, 0.2) is 12.6 Å². The van der Waals surface area contributed by atoms with E-state index >= 15 is 0 Å². The summed E-state index contributed by atoms with van der Waals surface area (Å²) in [6.45, 7) is 2.36. The van der Waals surface area contributed by atoms with Crippen molar-refractivity contribution in [1.29, 1.82) is 0 Å². The van der Waals surface area contributed by atoms with Crippen molar-refractivity contribution < 1.29 is 44.5 Å². The van der Waals surface area contributed by atoms with Crippen LogP contribution in [0.3, 0.4) is 0 Å². The molecule has 0 aromatic rings. The van der Waals surface area contributed by atoms with Gasteiger partial charge in [0.25, 0.3) is 0 Å². The minimum Gasteiger partial charge on any atom is -0.395 e. The number of ether oxygens (including phenoxy) is 4. The molecule has 0 radical (unpaired) electrons. The first kappa shape index (κ1) is 32.9. The van der Waals surface area contributed by atoms with Gasteiger partial charge in [-0.1, -0.05) is 0 Å². The molecule has 2 aliphatic heterocycles. The molecule has 13 N–H and O–H groups in total. The standard InChI is InChI=1S/C26H50N6O9/c1-25(36)12-38-23(18(35)21(25)30-2)41-20-16(32-24(29)26(37)6-3-7-26)10-15(28)19(17(20)34)40-22-14(27)5-4-13(39-22)11-31-8-9-33/h13-23,30-31,33-37H,3-12,27-28H2,1-2H3,(H2,29,32)/t13-,14?,15-,16+,17?,18?,19?,20?,21+,22+,23+,25?/m0/s1. The minimum absolute atomic E-state index is 0.00819. The van der Waals surface area contributed by atoms with Crippen LogP contribution in [0, 0.1) is 0 Å². The van der Waals surface area contributed by atoms with E-state index in [-0.39, 0.29) is 31.6 Å². The number of aliphatic imine (C=N–C) groups is 1. The summed E-state index contributed by atoms with van der Waals surface area (Å²) in [6.07, 6.45) is -3.67. The van der Waals surface area contributed by atoms with Gasteiger partial charge in [-0.15, -0.1) is 0 Å². The molecule has 2 saturated carbocycles. The fraction of sp³-hybridized carbons (Fsp3) is 0.962. The van der Waals surface area contributed by atoms with E-state index in [1.165, 1.54) is 0 Å². The summed E-state index contributed by atoms with van der Waals surface area (Å²) in [4.78, 5) is 4.56. The van der Waals surface area contributed by atoms with Crippen molar-refractivity contribution in [2.75, 3.05) is 33.4 Å². The smallest absolute Gasteiger partial charge is 0.185 e. The first-order valence-electron chi connectivity index (χ1n) is 14.6. The van der Waals surface area contributed by atoms with Crippen molar-refractivity contribution in [3.8, 4) is 0 Å². The van der Waals surface area contributed by atoms with Gasteiger partial charge in [-0.2, -0.15) is 0 Å². The number of aliphatic hydroxyl groups is 5. The molecular formula is C26H50N6O9. The van der Waals surface area contributed by atoms with Gasteiger partial charge < -0.3 is 72.3 Å². The van der Waals surface area contributed by atoms with E-state index in [4.69, 9.17) is 41.3 Å². The second-order valence-electron chi connectivity index (χ2n) is 12.1. The lowest BCUT2D eigenvalue weighted by atomic mass is 9.78. The van der Waals surface area contributed by atoms with Crippen molar-refractivity contribution >= 4 is 5.84 Å². The van der Waals surface area contributed by atoms with Crippen LogP contribution in [0.15, 0.2) is 4.99 Å². The molecule has 238 valence electrons. The van der Waals surface area contributed by atoms with Gasteiger partial charge in [-0.3, -0.25) is 4.99 Å². The summed E-state index contributed by atoms with van der Waals surface area (Å²) in [5.74, 6) is 0.0399. The normalized spacial score (nSPS) is 45.3. The molecule has 4 rings (SSSR count). The zero-order chi connectivity index (χ0) is 29.9. The number of rotatable bonds is 11. The molecule has 15 nitrogen and oxygen atoms in total. The van der Waals surface area contributed by atoms with Crippen LogP contribution < -0.4 is 27.8 Å². The Morgan fingerprint density at radius 1 is 1.05 bits per heavy atom. The summed E-state index contributed by atoms with van der Waals surface area (Å²) in [7, 11) is 1.61. The highest BCUT2D eigenvalue weighted by atomic mass is 16.7. The molecule has 0 amide bonds. The third-order valence-corrected chi connectivity index (χ3v) is 8.83. The van der Waals surface area contributed by atoms with Gasteiger partial charge in [0.2, 0.25) is 0 Å². The van der Waals surface area contributed by atoms with Gasteiger partial charge in [0.1, 0.15) is 41.5 Å². The molecule has 12 atom stereocenters. The molecule has 2 heterocycles. The average Bonchev–Trinajstić information content (AvgIpc) is 2.90. The highest BCUT2D eigenvalue weighted by molar-refractivity contribution is 5.89. The van der Waals surface area contributed by atoms with Gasteiger partial charge in [-0.05, 0) is 52.5 Å². The van der Waals surface area contributed by atoms with Gasteiger partial charge in [0, 0.05) is 19.1 Å². The lowest BCUT2D eigenvalue weighted by Crippen LogP contribution is -2.68. The van der Waals surface area contributed by atoms with Crippen LogP contribution in [0.5, 0.6) is 0 Å². The third kappa shape index (κ3) is 7.37. The number of nitrogens with two attached hydrogens (primary N) is 3. The molecule has 15 heteroatoms. The van der Waals surface area contributed by atoms with Crippen LogP contribution in [0.25, 0.3) is 0 Å². The Labute approximate surface area is 240 Å². The number of nitrogens with zero attached hydrogens (tertiary/aromatic N) is 1. The Bertz CT molecular complexity index is 880. The molecule has 0 aromatic heterocycles. The number of likely N-dealkylation sites (N-methyl/N-ethyl adjacent to an activating group) is 1. The Hall–Kier alpha value is -1.05. The van der Waals surface area contributed by atoms with Gasteiger partial charge >= 0.3 is 0 Å². The summed E-state index contributed by atoms with van der Waals surface area (Å²) in [5.41, 5.74) is 16.5. The van der Waals surface area contributed by atoms with Crippen LogP contribution in [-0.2, 0) is 18.9 Å². The van der Waals surface area contributed by atoms with Crippen molar-refractivity contribution in [3.63, 3.8) is 0 Å². The minimum atomic E-state index is -1.36. The molecule has 0 spiro atoms. The van der Waals surface area contributed by atoms with Crippen molar-refractivity contribution in [3.05, 3.63) is 0 Å². The highest BCUT2D eigenvalue weighted by Crippen LogP contribution is 2.36.